The lowest BCUT2D eigenvalue weighted by molar-refractivity contribution is 0.177. The molecule has 0 rings (SSSR count). The van der Waals surface area contributed by atoms with Gasteiger partial charge in [-0.3, -0.25) is 0 Å². The van der Waals surface area contributed by atoms with Gasteiger partial charge in [0.25, 0.3) is 0 Å². The number of hydrogen-bond acceptors (Lipinski definition) is 1. The molecule has 0 aromatic carbocycles. The molecule has 0 radical (unpaired) electrons. The molecule has 56 valence electrons. The third-order valence-electron chi connectivity index (χ3n) is 1.38. The Balaban J connectivity index is 3.91. The standard InChI is InChI=1S/C9H14O/c1-5-8(10)7-9(3,4)6-2/h2,5,8,10H,1,7H2,3-4H3. The van der Waals surface area contributed by atoms with Crippen molar-refractivity contribution in [2.75, 3.05) is 0 Å². The van der Waals surface area contributed by atoms with Crippen molar-refractivity contribution in [3.05, 3.63) is 12.7 Å². The van der Waals surface area contributed by atoms with Gasteiger partial charge in [0.2, 0.25) is 0 Å². The Labute approximate surface area is 62.8 Å². The second-order valence-corrected chi connectivity index (χ2v) is 3.04. The molecule has 1 N–H and O–H groups in total. The van der Waals surface area contributed by atoms with Gasteiger partial charge in [-0.15, -0.1) is 18.9 Å². The number of aliphatic hydroxyl groups excluding tert-OH is 1. The van der Waals surface area contributed by atoms with Crippen molar-refractivity contribution in [1.82, 2.24) is 0 Å². The van der Waals surface area contributed by atoms with Crippen molar-refractivity contribution in [2.24, 2.45) is 5.41 Å². The zero-order valence-corrected chi connectivity index (χ0v) is 6.59. The van der Waals surface area contributed by atoms with Crippen LogP contribution >= 0.6 is 0 Å². The fraction of sp³-hybridized carbons (Fsp3) is 0.556. The summed E-state index contributed by atoms with van der Waals surface area (Å²) in [6.45, 7) is 7.29. The van der Waals surface area contributed by atoms with Crippen LogP contribution in [0.15, 0.2) is 12.7 Å². The first-order chi connectivity index (χ1) is 4.52. The van der Waals surface area contributed by atoms with Crippen LogP contribution in [0.25, 0.3) is 0 Å². The van der Waals surface area contributed by atoms with Crippen LogP contribution in [-0.4, -0.2) is 11.2 Å². The molecule has 0 saturated heterocycles. The summed E-state index contributed by atoms with van der Waals surface area (Å²) in [6, 6.07) is 0. The summed E-state index contributed by atoms with van der Waals surface area (Å²) in [4.78, 5) is 0. The molecule has 1 nitrogen and oxygen atoms in total. The molecule has 0 saturated carbocycles. The third kappa shape index (κ3) is 3.32. The molecule has 0 spiro atoms. The maximum atomic E-state index is 9.11. The molecule has 0 bridgehead atoms. The van der Waals surface area contributed by atoms with Crippen LogP contribution in [0.5, 0.6) is 0 Å². The zero-order chi connectivity index (χ0) is 8.20. The fourth-order valence-corrected chi connectivity index (χ4v) is 0.665. The van der Waals surface area contributed by atoms with E-state index in [1.165, 1.54) is 6.08 Å². The molecule has 0 heterocycles. The predicted molar refractivity (Wildman–Crippen MR) is 43.4 cm³/mol. The van der Waals surface area contributed by atoms with E-state index in [4.69, 9.17) is 11.5 Å². The van der Waals surface area contributed by atoms with Crippen molar-refractivity contribution < 1.29 is 5.11 Å². The van der Waals surface area contributed by atoms with Gasteiger partial charge in [0.05, 0.1) is 6.10 Å². The van der Waals surface area contributed by atoms with Crippen molar-refractivity contribution in [3.8, 4) is 12.3 Å². The summed E-state index contributed by atoms with van der Waals surface area (Å²) < 4.78 is 0. The van der Waals surface area contributed by atoms with Crippen LogP contribution in [-0.2, 0) is 0 Å². The van der Waals surface area contributed by atoms with E-state index < -0.39 is 6.10 Å². The van der Waals surface area contributed by atoms with E-state index in [2.05, 4.69) is 12.5 Å². The molecular formula is C9H14O. The number of aliphatic hydroxyl groups is 1. The Morgan fingerprint density at radius 3 is 2.60 bits per heavy atom. The molecule has 1 atom stereocenters. The lowest BCUT2D eigenvalue weighted by Gasteiger charge is -2.18. The van der Waals surface area contributed by atoms with Gasteiger partial charge in [0.15, 0.2) is 0 Å². The van der Waals surface area contributed by atoms with E-state index in [1.807, 2.05) is 13.8 Å². The van der Waals surface area contributed by atoms with Crippen LogP contribution in [0, 0.1) is 17.8 Å². The largest absolute Gasteiger partial charge is 0.389 e. The SMILES string of the molecule is C#CC(C)(C)CC(O)C=C. The maximum Gasteiger partial charge on any atom is 0.0732 e. The van der Waals surface area contributed by atoms with Crippen LogP contribution < -0.4 is 0 Å². The van der Waals surface area contributed by atoms with Gasteiger partial charge < -0.3 is 5.11 Å². The summed E-state index contributed by atoms with van der Waals surface area (Å²) in [5, 5.41) is 9.11. The normalized spacial score (nSPS) is 13.8. The molecule has 0 amide bonds. The molecule has 0 aliphatic rings. The Morgan fingerprint density at radius 2 is 2.30 bits per heavy atom. The van der Waals surface area contributed by atoms with E-state index in [9.17, 15) is 0 Å². The molecule has 0 aromatic heterocycles. The quantitative estimate of drug-likeness (QED) is 0.463. The van der Waals surface area contributed by atoms with Gasteiger partial charge in [0.1, 0.15) is 0 Å². The molecule has 0 fully saturated rings. The van der Waals surface area contributed by atoms with Gasteiger partial charge in [-0.2, -0.15) is 0 Å². The lowest BCUT2D eigenvalue weighted by Crippen LogP contribution is -2.16. The third-order valence-corrected chi connectivity index (χ3v) is 1.38. The minimum atomic E-state index is -0.481. The van der Waals surface area contributed by atoms with Crippen molar-refractivity contribution in [3.63, 3.8) is 0 Å². The van der Waals surface area contributed by atoms with E-state index >= 15 is 0 Å². The predicted octanol–water partition coefficient (Wildman–Crippen LogP) is 1.58. The van der Waals surface area contributed by atoms with Gasteiger partial charge in [-0.05, 0) is 20.3 Å². The highest BCUT2D eigenvalue weighted by molar-refractivity contribution is 5.02. The Kier molecular flexibility index (Phi) is 3.18. The van der Waals surface area contributed by atoms with Crippen LogP contribution in [0.2, 0.25) is 0 Å². The molecule has 0 aliphatic heterocycles. The molecule has 0 aromatic rings. The second kappa shape index (κ2) is 3.43. The smallest absolute Gasteiger partial charge is 0.0732 e. The monoisotopic (exact) mass is 138 g/mol. The minimum absolute atomic E-state index is 0.229. The maximum absolute atomic E-state index is 9.11. The van der Waals surface area contributed by atoms with Crippen molar-refractivity contribution in [2.45, 2.75) is 26.4 Å². The summed E-state index contributed by atoms with van der Waals surface area (Å²) >= 11 is 0. The number of rotatable bonds is 3. The first-order valence-corrected chi connectivity index (χ1v) is 3.30. The van der Waals surface area contributed by atoms with Crippen LogP contribution in [0.1, 0.15) is 20.3 Å². The second-order valence-electron chi connectivity index (χ2n) is 3.04. The van der Waals surface area contributed by atoms with Crippen LogP contribution in [0.3, 0.4) is 0 Å². The van der Waals surface area contributed by atoms with Crippen molar-refractivity contribution in [1.29, 1.82) is 0 Å². The Morgan fingerprint density at radius 1 is 1.80 bits per heavy atom. The Bertz CT molecular complexity index is 151. The van der Waals surface area contributed by atoms with Gasteiger partial charge in [-0.1, -0.05) is 6.08 Å². The molecule has 1 heteroatoms. The molecular weight excluding hydrogens is 124 g/mol. The number of terminal acetylenes is 1. The summed E-state index contributed by atoms with van der Waals surface area (Å²) in [5.41, 5.74) is -0.229. The van der Waals surface area contributed by atoms with E-state index in [1.54, 1.807) is 0 Å². The minimum Gasteiger partial charge on any atom is -0.389 e. The highest BCUT2D eigenvalue weighted by atomic mass is 16.3. The first kappa shape index (κ1) is 9.26. The van der Waals surface area contributed by atoms with Gasteiger partial charge in [-0.25, -0.2) is 0 Å². The fourth-order valence-electron chi connectivity index (χ4n) is 0.665. The van der Waals surface area contributed by atoms with E-state index in [0.29, 0.717) is 6.42 Å². The lowest BCUT2D eigenvalue weighted by atomic mass is 9.88. The van der Waals surface area contributed by atoms with Crippen molar-refractivity contribution >= 4 is 0 Å². The summed E-state index contributed by atoms with van der Waals surface area (Å²) in [5.74, 6) is 2.60. The molecule has 0 aliphatic carbocycles. The van der Waals surface area contributed by atoms with E-state index in [0.717, 1.165) is 0 Å². The number of hydrogen-bond donors (Lipinski definition) is 1. The van der Waals surface area contributed by atoms with Gasteiger partial charge >= 0.3 is 0 Å². The summed E-state index contributed by atoms with van der Waals surface area (Å²) in [7, 11) is 0. The highest BCUT2D eigenvalue weighted by Crippen LogP contribution is 2.20. The van der Waals surface area contributed by atoms with Crippen LogP contribution in [0.4, 0.5) is 0 Å². The molecule has 1 unspecified atom stereocenters. The first-order valence-electron chi connectivity index (χ1n) is 3.30. The highest BCUT2D eigenvalue weighted by Gasteiger charge is 2.16. The Hall–Kier alpha value is -0.740. The van der Waals surface area contributed by atoms with E-state index in [-0.39, 0.29) is 5.41 Å². The average Bonchev–Trinajstić information content (AvgIpc) is 1.87. The van der Waals surface area contributed by atoms with Gasteiger partial charge in [0, 0.05) is 5.41 Å². The molecule has 10 heavy (non-hydrogen) atoms. The zero-order valence-electron chi connectivity index (χ0n) is 6.59. The average molecular weight is 138 g/mol. The summed E-state index contributed by atoms with van der Waals surface area (Å²) in [6.07, 6.45) is 6.81. The topological polar surface area (TPSA) is 20.2 Å².